The van der Waals surface area contributed by atoms with E-state index in [-0.39, 0.29) is 24.1 Å². The van der Waals surface area contributed by atoms with Gasteiger partial charge in [-0.25, -0.2) is 12.7 Å². The molecule has 2 heterocycles. The summed E-state index contributed by atoms with van der Waals surface area (Å²) in [7, 11) is -3.26. The smallest absolute Gasteiger partial charge is 0.230 e. The molecular weight excluding hydrogens is 372 g/mol. The minimum atomic E-state index is -3.26. The number of rotatable bonds is 6. The Kier molecular flexibility index (Phi) is 6.00. The predicted molar refractivity (Wildman–Crippen MR) is 102 cm³/mol. The lowest BCUT2D eigenvalue weighted by molar-refractivity contribution is -0.120. The number of carbonyl (C=O) groups excluding carboxylic acids is 1. The Bertz CT molecular complexity index is 852. The van der Waals surface area contributed by atoms with Gasteiger partial charge in [-0.3, -0.25) is 4.79 Å². The molecule has 0 radical (unpaired) electrons. The fraction of sp³-hybridized carbons (Fsp3) is 0.471. The van der Waals surface area contributed by atoms with Crippen molar-refractivity contribution >= 4 is 32.4 Å². The maximum atomic E-state index is 12.5. The molecule has 1 aromatic heterocycles. The molecule has 1 aliphatic heterocycles. The number of hydrogen-bond donors (Lipinski definition) is 1. The van der Waals surface area contributed by atoms with Crippen LogP contribution in [0.2, 0.25) is 0 Å². The molecule has 0 spiro atoms. The zero-order valence-corrected chi connectivity index (χ0v) is 16.2. The van der Waals surface area contributed by atoms with Crippen molar-refractivity contribution in [3.63, 3.8) is 0 Å². The van der Waals surface area contributed by atoms with Crippen LogP contribution in [0.25, 0.3) is 0 Å². The van der Waals surface area contributed by atoms with Crippen LogP contribution in [-0.2, 0) is 21.2 Å². The van der Waals surface area contributed by atoms with Crippen LogP contribution in [0.3, 0.4) is 0 Å². The first-order valence-corrected chi connectivity index (χ1v) is 11.1. The van der Waals surface area contributed by atoms with Crippen LogP contribution in [-0.4, -0.2) is 47.7 Å². The number of aromatic nitrogens is 2. The Balaban J connectivity index is 1.60. The van der Waals surface area contributed by atoms with Crippen molar-refractivity contribution in [2.75, 3.05) is 24.2 Å². The maximum Gasteiger partial charge on any atom is 0.230 e. The summed E-state index contributed by atoms with van der Waals surface area (Å²) in [5.74, 6) is -0.490. The lowest BCUT2D eigenvalue weighted by Crippen LogP contribution is -2.44. The van der Waals surface area contributed by atoms with Gasteiger partial charge in [0.25, 0.3) is 0 Å². The first kappa shape index (κ1) is 18.9. The highest BCUT2D eigenvalue weighted by Gasteiger charge is 2.31. The Morgan fingerprint density at radius 2 is 2.08 bits per heavy atom. The summed E-state index contributed by atoms with van der Waals surface area (Å²) in [4.78, 5) is 12.5. The summed E-state index contributed by atoms with van der Waals surface area (Å²) in [5, 5.41) is 12.2. The van der Waals surface area contributed by atoms with E-state index in [1.807, 2.05) is 30.3 Å². The zero-order valence-electron chi connectivity index (χ0n) is 14.6. The summed E-state index contributed by atoms with van der Waals surface area (Å²) < 4.78 is 25.5. The van der Waals surface area contributed by atoms with Gasteiger partial charge in [0.05, 0.1) is 11.7 Å². The van der Waals surface area contributed by atoms with Crippen LogP contribution in [0.15, 0.2) is 30.3 Å². The van der Waals surface area contributed by atoms with Crippen LogP contribution in [0.1, 0.15) is 30.3 Å². The summed E-state index contributed by atoms with van der Waals surface area (Å²) in [6, 6.07) is 9.94. The molecule has 1 amide bonds. The number of amides is 1. The third-order valence-corrected chi connectivity index (χ3v) is 7.09. The van der Waals surface area contributed by atoms with Crippen LogP contribution < -0.4 is 5.32 Å². The van der Waals surface area contributed by atoms with Crippen molar-refractivity contribution < 1.29 is 13.2 Å². The number of nitrogens with zero attached hydrogens (tertiary/aromatic N) is 3. The van der Waals surface area contributed by atoms with Gasteiger partial charge in [-0.15, -0.1) is 10.2 Å². The van der Waals surface area contributed by atoms with Crippen LogP contribution in [0, 0.1) is 5.92 Å². The third-order valence-electron chi connectivity index (χ3n) is 4.41. The van der Waals surface area contributed by atoms with Crippen molar-refractivity contribution in [1.29, 1.82) is 0 Å². The Morgan fingerprint density at radius 1 is 1.31 bits per heavy atom. The van der Waals surface area contributed by atoms with Crippen molar-refractivity contribution in [2.45, 2.75) is 26.2 Å². The number of anilines is 1. The molecule has 0 unspecified atom stereocenters. The Labute approximate surface area is 157 Å². The molecule has 1 aromatic carbocycles. The first-order valence-electron chi connectivity index (χ1n) is 8.63. The number of carbonyl (C=O) groups is 1. The molecule has 9 heteroatoms. The summed E-state index contributed by atoms with van der Waals surface area (Å²) in [5.41, 5.74) is 1.13. The molecule has 140 valence electrons. The minimum Gasteiger partial charge on any atom is -0.300 e. The number of nitrogens with one attached hydrogen (secondary N) is 1. The highest BCUT2D eigenvalue weighted by molar-refractivity contribution is 7.89. The number of hydrogen-bond acceptors (Lipinski definition) is 6. The second kappa shape index (κ2) is 8.24. The molecule has 2 aromatic rings. The fourth-order valence-corrected chi connectivity index (χ4v) is 4.90. The van der Waals surface area contributed by atoms with E-state index >= 15 is 0 Å². The molecule has 0 saturated carbocycles. The van der Waals surface area contributed by atoms with Crippen molar-refractivity contribution in [2.24, 2.45) is 5.92 Å². The van der Waals surface area contributed by atoms with E-state index < -0.39 is 10.0 Å². The largest absolute Gasteiger partial charge is 0.300 e. The Hall–Kier alpha value is -1.84. The normalized spacial score (nSPS) is 18.6. The predicted octanol–water partition coefficient (Wildman–Crippen LogP) is 2.13. The summed E-state index contributed by atoms with van der Waals surface area (Å²) in [6.07, 6.45) is 2.03. The molecule has 1 atom stereocenters. The maximum absolute atomic E-state index is 12.5. The number of piperidine rings is 1. The summed E-state index contributed by atoms with van der Waals surface area (Å²) in [6.45, 7) is 2.34. The van der Waals surface area contributed by atoms with E-state index in [0.717, 1.165) is 10.6 Å². The first-order chi connectivity index (χ1) is 12.5. The average molecular weight is 395 g/mol. The van der Waals surface area contributed by atoms with Gasteiger partial charge < -0.3 is 5.32 Å². The van der Waals surface area contributed by atoms with E-state index in [9.17, 15) is 13.2 Å². The fourth-order valence-electron chi connectivity index (χ4n) is 2.95. The molecule has 1 aliphatic rings. The highest BCUT2D eigenvalue weighted by atomic mass is 32.2. The van der Waals surface area contributed by atoms with Gasteiger partial charge in [0.2, 0.25) is 21.1 Å². The second-order valence-corrected chi connectivity index (χ2v) is 9.57. The van der Waals surface area contributed by atoms with Crippen molar-refractivity contribution in [3.8, 4) is 0 Å². The second-order valence-electron chi connectivity index (χ2n) is 6.25. The Morgan fingerprint density at radius 3 is 2.81 bits per heavy atom. The molecule has 0 aliphatic carbocycles. The average Bonchev–Trinajstić information content (AvgIpc) is 3.09. The summed E-state index contributed by atoms with van der Waals surface area (Å²) >= 11 is 1.34. The quantitative estimate of drug-likeness (QED) is 0.810. The molecule has 1 saturated heterocycles. The van der Waals surface area contributed by atoms with Gasteiger partial charge in [0, 0.05) is 19.5 Å². The van der Waals surface area contributed by atoms with Gasteiger partial charge in [0.1, 0.15) is 5.01 Å². The molecule has 1 fully saturated rings. The SMILES string of the molecule is CCS(=O)(=O)N1CCC[C@@H](C(=O)Nc2nnc(Cc3ccccc3)s2)C1. The molecule has 0 bridgehead atoms. The molecule has 3 rings (SSSR count). The molecular formula is C17H22N4O3S2. The van der Waals surface area contributed by atoms with Gasteiger partial charge in [-0.05, 0) is 25.3 Å². The van der Waals surface area contributed by atoms with Gasteiger partial charge >= 0.3 is 0 Å². The van der Waals surface area contributed by atoms with Crippen LogP contribution in [0.5, 0.6) is 0 Å². The van der Waals surface area contributed by atoms with Crippen molar-refractivity contribution in [1.82, 2.24) is 14.5 Å². The van der Waals surface area contributed by atoms with Crippen LogP contribution >= 0.6 is 11.3 Å². The number of benzene rings is 1. The van der Waals surface area contributed by atoms with E-state index in [0.29, 0.717) is 30.9 Å². The van der Waals surface area contributed by atoms with E-state index in [2.05, 4.69) is 15.5 Å². The van der Waals surface area contributed by atoms with Gasteiger partial charge in [-0.1, -0.05) is 41.7 Å². The van der Waals surface area contributed by atoms with E-state index in [1.165, 1.54) is 15.6 Å². The monoisotopic (exact) mass is 394 g/mol. The molecule has 7 nitrogen and oxygen atoms in total. The van der Waals surface area contributed by atoms with E-state index in [4.69, 9.17) is 0 Å². The standard InChI is InChI=1S/C17H22N4O3S2/c1-2-26(23,24)21-10-6-9-14(12-21)16(22)18-17-20-19-15(25-17)11-13-7-4-3-5-8-13/h3-5,7-8,14H,2,6,9-12H2,1H3,(H,18,20,22)/t14-/m1/s1. The third kappa shape index (κ3) is 4.66. The molecule has 1 N–H and O–H groups in total. The lowest BCUT2D eigenvalue weighted by atomic mass is 9.99. The van der Waals surface area contributed by atoms with Crippen molar-refractivity contribution in [3.05, 3.63) is 40.9 Å². The number of sulfonamides is 1. The lowest BCUT2D eigenvalue weighted by Gasteiger charge is -2.30. The van der Waals surface area contributed by atoms with Crippen LogP contribution in [0.4, 0.5) is 5.13 Å². The van der Waals surface area contributed by atoms with E-state index in [1.54, 1.807) is 6.92 Å². The topological polar surface area (TPSA) is 92.3 Å². The van der Waals surface area contributed by atoms with Gasteiger partial charge in [0.15, 0.2) is 0 Å². The minimum absolute atomic E-state index is 0.0561. The van der Waals surface area contributed by atoms with Gasteiger partial charge in [-0.2, -0.15) is 0 Å². The molecule has 26 heavy (non-hydrogen) atoms. The highest BCUT2D eigenvalue weighted by Crippen LogP contribution is 2.23. The zero-order chi connectivity index (χ0) is 18.6.